The van der Waals surface area contributed by atoms with E-state index >= 15 is 0 Å². The molecule has 23 heavy (non-hydrogen) atoms. The van der Waals surface area contributed by atoms with Crippen molar-refractivity contribution in [3.63, 3.8) is 0 Å². The SMILES string of the molecule is CS(=O)(=O)CCC(=O)N1CCN(c2ccc([N+](=O)[O-])cc2)CC1. The van der Waals surface area contributed by atoms with Crippen LogP contribution in [0.2, 0.25) is 0 Å². The number of benzene rings is 1. The summed E-state index contributed by atoms with van der Waals surface area (Å²) in [5.41, 5.74) is 0.919. The molecule has 0 saturated carbocycles. The van der Waals surface area contributed by atoms with Gasteiger partial charge in [-0.3, -0.25) is 14.9 Å². The van der Waals surface area contributed by atoms with Crippen molar-refractivity contribution in [2.45, 2.75) is 6.42 Å². The normalized spacial score (nSPS) is 15.5. The van der Waals surface area contributed by atoms with E-state index in [4.69, 9.17) is 0 Å². The number of piperazine rings is 1. The highest BCUT2D eigenvalue weighted by atomic mass is 32.2. The summed E-state index contributed by atoms with van der Waals surface area (Å²) in [6, 6.07) is 6.30. The number of carbonyl (C=O) groups excluding carboxylic acids is 1. The number of amides is 1. The van der Waals surface area contributed by atoms with Gasteiger partial charge in [0.2, 0.25) is 5.91 Å². The van der Waals surface area contributed by atoms with Gasteiger partial charge in [-0.2, -0.15) is 0 Å². The fourth-order valence-electron chi connectivity index (χ4n) is 2.43. The van der Waals surface area contributed by atoms with Crippen LogP contribution in [0.15, 0.2) is 24.3 Å². The van der Waals surface area contributed by atoms with E-state index in [1.165, 1.54) is 12.1 Å². The van der Waals surface area contributed by atoms with Gasteiger partial charge in [0.05, 0.1) is 10.7 Å². The molecule has 1 amide bonds. The number of anilines is 1. The third-order valence-corrected chi connectivity index (χ3v) is 4.69. The molecule has 1 aromatic carbocycles. The lowest BCUT2D eigenvalue weighted by molar-refractivity contribution is -0.384. The molecule has 1 saturated heterocycles. The minimum atomic E-state index is -3.14. The first kappa shape index (κ1) is 17.2. The minimum Gasteiger partial charge on any atom is -0.368 e. The fraction of sp³-hybridized carbons (Fsp3) is 0.500. The Balaban J connectivity index is 1.88. The van der Waals surface area contributed by atoms with Gasteiger partial charge in [-0.25, -0.2) is 8.42 Å². The summed E-state index contributed by atoms with van der Waals surface area (Å²) in [6.07, 6.45) is 1.13. The number of hydrogen-bond donors (Lipinski definition) is 0. The summed E-state index contributed by atoms with van der Waals surface area (Å²) < 4.78 is 22.2. The van der Waals surface area contributed by atoms with Crippen LogP contribution in [-0.4, -0.2) is 62.3 Å². The molecule has 2 rings (SSSR count). The Kier molecular flexibility index (Phi) is 5.19. The van der Waals surface area contributed by atoms with Gasteiger partial charge < -0.3 is 9.80 Å². The lowest BCUT2D eigenvalue weighted by Gasteiger charge is -2.36. The lowest BCUT2D eigenvalue weighted by atomic mass is 10.2. The van der Waals surface area contributed by atoms with E-state index in [2.05, 4.69) is 0 Å². The number of nitrogens with zero attached hydrogens (tertiary/aromatic N) is 3. The van der Waals surface area contributed by atoms with Crippen LogP contribution in [0, 0.1) is 10.1 Å². The van der Waals surface area contributed by atoms with E-state index in [0.717, 1.165) is 11.9 Å². The highest BCUT2D eigenvalue weighted by Crippen LogP contribution is 2.20. The number of non-ortho nitro benzene ring substituents is 1. The zero-order valence-corrected chi connectivity index (χ0v) is 13.7. The minimum absolute atomic E-state index is 0.0103. The Morgan fingerprint density at radius 3 is 2.22 bits per heavy atom. The molecule has 0 N–H and O–H groups in total. The van der Waals surface area contributed by atoms with Gasteiger partial charge in [-0.15, -0.1) is 0 Å². The van der Waals surface area contributed by atoms with Crippen molar-refractivity contribution in [3.05, 3.63) is 34.4 Å². The number of hydrogen-bond acceptors (Lipinski definition) is 6. The molecule has 9 heteroatoms. The molecule has 1 aromatic rings. The average Bonchev–Trinajstić information content (AvgIpc) is 2.52. The maximum Gasteiger partial charge on any atom is 0.269 e. The average molecular weight is 341 g/mol. The van der Waals surface area contributed by atoms with E-state index in [-0.39, 0.29) is 23.8 Å². The van der Waals surface area contributed by atoms with Crippen molar-refractivity contribution >= 4 is 27.1 Å². The van der Waals surface area contributed by atoms with Gasteiger partial charge in [-0.05, 0) is 12.1 Å². The summed E-state index contributed by atoms with van der Waals surface area (Å²) in [4.78, 5) is 25.9. The second-order valence-electron chi connectivity index (χ2n) is 5.52. The van der Waals surface area contributed by atoms with Crippen LogP contribution in [0.5, 0.6) is 0 Å². The Labute approximate surface area is 134 Å². The van der Waals surface area contributed by atoms with Gasteiger partial charge >= 0.3 is 0 Å². The van der Waals surface area contributed by atoms with Gasteiger partial charge in [0.15, 0.2) is 0 Å². The molecule has 0 atom stereocenters. The van der Waals surface area contributed by atoms with E-state index in [1.54, 1.807) is 17.0 Å². The fourth-order valence-corrected chi connectivity index (χ4v) is 2.98. The lowest BCUT2D eigenvalue weighted by Crippen LogP contribution is -2.49. The van der Waals surface area contributed by atoms with Crippen molar-refractivity contribution in [1.82, 2.24) is 4.90 Å². The Morgan fingerprint density at radius 1 is 1.17 bits per heavy atom. The van der Waals surface area contributed by atoms with Gasteiger partial charge in [-0.1, -0.05) is 0 Å². The van der Waals surface area contributed by atoms with Gasteiger partial charge in [0.25, 0.3) is 5.69 Å². The maximum absolute atomic E-state index is 12.0. The number of rotatable bonds is 5. The highest BCUT2D eigenvalue weighted by molar-refractivity contribution is 7.90. The van der Waals surface area contributed by atoms with Crippen molar-refractivity contribution in [1.29, 1.82) is 0 Å². The second kappa shape index (κ2) is 6.95. The number of nitro benzene ring substituents is 1. The van der Waals surface area contributed by atoms with Crippen molar-refractivity contribution < 1.29 is 18.1 Å². The standard InChI is InChI=1S/C14H19N3O5S/c1-23(21,22)11-6-14(18)16-9-7-15(8-10-16)12-2-4-13(5-3-12)17(19)20/h2-5H,6-11H2,1H3. The molecule has 0 bridgehead atoms. The zero-order chi connectivity index (χ0) is 17.0. The van der Waals surface area contributed by atoms with Crippen LogP contribution in [-0.2, 0) is 14.6 Å². The first-order valence-electron chi connectivity index (χ1n) is 7.21. The Morgan fingerprint density at radius 2 is 1.74 bits per heavy atom. The zero-order valence-electron chi connectivity index (χ0n) is 12.8. The quantitative estimate of drug-likeness (QED) is 0.576. The molecular weight excluding hydrogens is 322 g/mol. The van der Waals surface area contributed by atoms with Crippen LogP contribution in [0.4, 0.5) is 11.4 Å². The molecule has 0 unspecified atom stereocenters. The molecule has 1 heterocycles. The second-order valence-corrected chi connectivity index (χ2v) is 7.78. The molecule has 0 spiro atoms. The molecule has 0 aromatic heterocycles. The van der Waals surface area contributed by atoms with Crippen molar-refractivity contribution in [3.8, 4) is 0 Å². The van der Waals surface area contributed by atoms with E-state index in [9.17, 15) is 23.3 Å². The number of carbonyl (C=O) groups is 1. The predicted molar refractivity (Wildman–Crippen MR) is 86.2 cm³/mol. The summed E-state index contributed by atoms with van der Waals surface area (Å²) in [7, 11) is -3.14. The molecule has 0 aliphatic carbocycles. The molecule has 126 valence electrons. The van der Waals surface area contributed by atoms with Crippen LogP contribution >= 0.6 is 0 Å². The molecule has 1 aliphatic heterocycles. The van der Waals surface area contributed by atoms with E-state index < -0.39 is 14.8 Å². The summed E-state index contributed by atoms with van der Waals surface area (Å²) in [5.74, 6) is -0.284. The summed E-state index contributed by atoms with van der Waals surface area (Å²) in [5, 5.41) is 10.6. The Hall–Kier alpha value is -2.16. The predicted octanol–water partition coefficient (Wildman–Crippen LogP) is 0.678. The smallest absolute Gasteiger partial charge is 0.269 e. The molecule has 1 fully saturated rings. The van der Waals surface area contributed by atoms with E-state index in [1.807, 2.05) is 4.90 Å². The van der Waals surface area contributed by atoms with Gasteiger partial charge in [0.1, 0.15) is 9.84 Å². The third-order valence-electron chi connectivity index (χ3n) is 3.74. The third kappa shape index (κ3) is 4.92. The first-order chi connectivity index (χ1) is 10.8. The first-order valence-corrected chi connectivity index (χ1v) is 9.27. The monoisotopic (exact) mass is 341 g/mol. The number of sulfone groups is 1. The topological polar surface area (TPSA) is 101 Å². The van der Waals surface area contributed by atoms with Crippen LogP contribution in [0.3, 0.4) is 0 Å². The summed E-state index contributed by atoms with van der Waals surface area (Å²) in [6.45, 7) is 2.25. The van der Waals surface area contributed by atoms with Crippen LogP contribution in [0.25, 0.3) is 0 Å². The van der Waals surface area contributed by atoms with Gasteiger partial charge in [0, 0.05) is 56.7 Å². The largest absolute Gasteiger partial charge is 0.368 e. The van der Waals surface area contributed by atoms with Crippen LogP contribution < -0.4 is 4.90 Å². The number of nitro groups is 1. The Bertz CT molecular complexity index is 679. The maximum atomic E-state index is 12.0. The molecular formula is C14H19N3O5S. The summed E-state index contributed by atoms with van der Waals surface area (Å²) >= 11 is 0. The van der Waals surface area contributed by atoms with Crippen molar-refractivity contribution in [2.24, 2.45) is 0 Å². The molecule has 1 aliphatic rings. The molecule has 0 radical (unpaired) electrons. The van der Waals surface area contributed by atoms with Crippen molar-refractivity contribution in [2.75, 3.05) is 43.1 Å². The van der Waals surface area contributed by atoms with Crippen LogP contribution in [0.1, 0.15) is 6.42 Å². The van der Waals surface area contributed by atoms with E-state index in [0.29, 0.717) is 26.2 Å². The highest BCUT2D eigenvalue weighted by Gasteiger charge is 2.22. The molecule has 8 nitrogen and oxygen atoms in total.